The van der Waals surface area contributed by atoms with Gasteiger partial charge in [0.05, 0.1) is 17.4 Å². The lowest BCUT2D eigenvalue weighted by atomic mass is 9.74. The summed E-state index contributed by atoms with van der Waals surface area (Å²) >= 11 is 1.58. The van der Waals surface area contributed by atoms with Crippen LogP contribution in [0, 0.1) is 12.8 Å². The zero-order valence-electron chi connectivity index (χ0n) is 19.4. The van der Waals surface area contributed by atoms with Crippen LogP contribution in [0.15, 0.2) is 23.6 Å². The predicted octanol–water partition coefficient (Wildman–Crippen LogP) is 5.20. The van der Waals surface area contributed by atoms with Crippen LogP contribution in [0.25, 0.3) is 0 Å². The molecule has 1 amide bonds. The van der Waals surface area contributed by atoms with Crippen LogP contribution >= 0.6 is 11.3 Å². The van der Waals surface area contributed by atoms with E-state index in [1.165, 1.54) is 0 Å². The molecule has 2 fully saturated rings. The molecule has 0 bridgehead atoms. The van der Waals surface area contributed by atoms with Crippen LogP contribution in [0.3, 0.4) is 0 Å². The number of nitrogens with zero attached hydrogens (tertiary/aromatic N) is 3. The summed E-state index contributed by atoms with van der Waals surface area (Å²) in [5, 5.41) is 9.89. The highest BCUT2D eigenvalue weighted by Gasteiger charge is 2.40. The highest BCUT2D eigenvalue weighted by molar-refractivity contribution is 7.13. The van der Waals surface area contributed by atoms with Crippen molar-refractivity contribution in [2.45, 2.75) is 83.8 Å². The van der Waals surface area contributed by atoms with Crippen LogP contribution in [-0.2, 0) is 4.79 Å². The highest BCUT2D eigenvalue weighted by Crippen LogP contribution is 2.37. The van der Waals surface area contributed by atoms with E-state index < -0.39 is 0 Å². The maximum Gasteiger partial charge on any atom is 0.223 e. The van der Waals surface area contributed by atoms with Crippen molar-refractivity contribution in [1.82, 2.24) is 20.2 Å². The number of rotatable bonds is 5. The Bertz CT molecular complexity index is 922. The first-order valence-corrected chi connectivity index (χ1v) is 12.2. The van der Waals surface area contributed by atoms with Gasteiger partial charge in [-0.05, 0) is 78.4 Å². The minimum Gasteiger partial charge on any atom is -0.334 e. The number of aryl methyl sites for hydroxylation is 1. The molecule has 2 saturated heterocycles. The number of anilines is 2. The molecule has 2 N–H and O–H groups in total. The van der Waals surface area contributed by atoms with Gasteiger partial charge < -0.3 is 15.5 Å². The largest absolute Gasteiger partial charge is 0.334 e. The number of amides is 1. The van der Waals surface area contributed by atoms with E-state index in [0.29, 0.717) is 12.3 Å². The van der Waals surface area contributed by atoms with Crippen LogP contribution in [0.4, 0.5) is 10.9 Å². The van der Waals surface area contributed by atoms with Gasteiger partial charge >= 0.3 is 0 Å². The number of thiazole rings is 1. The summed E-state index contributed by atoms with van der Waals surface area (Å²) in [6, 6.07) is 6.09. The Kier molecular flexibility index (Phi) is 6.10. The first kappa shape index (κ1) is 22.2. The first-order chi connectivity index (χ1) is 14.6. The van der Waals surface area contributed by atoms with Crippen molar-refractivity contribution >= 4 is 28.2 Å². The Morgan fingerprint density at radius 2 is 1.97 bits per heavy atom. The van der Waals surface area contributed by atoms with Gasteiger partial charge in [0.2, 0.25) is 5.91 Å². The number of likely N-dealkylation sites (tertiary alicyclic amines) is 1. The number of piperidine rings is 1. The molecule has 7 heteroatoms. The van der Waals surface area contributed by atoms with E-state index in [-0.39, 0.29) is 23.0 Å². The fourth-order valence-corrected chi connectivity index (χ4v) is 6.34. The van der Waals surface area contributed by atoms with E-state index in [1.807, 2.05) is 30.5 Å². The lowest BCUT2D eigenvalue weighted by Gasteiger charge is -2.46. The Morgan fingerprint density at radius 3 is 2.65 bits per heavy atom. The summed E-state index contributed by atoms with van der Waals surface area (Å²) in [5.41, 5.74) is 2.09. The molecule has 4 rings (SSSR count). The fraction of sp³-hybridized carbons (Fsp3) is 0.625. The fourth-order valence-electron chi connectivity index (χ4n) is 5.64. The molecule has 0 radical (unpaired) electrons. The van der Waals surface area contributed by atoms with Gasteiger partial charge in [0.25, 0.3) is 0 Å². The molecule has 168 valence electrons. The van der Waals surface area contributed by atoms with E-state index in [4.69, 9.17) is 4.98 Å². The average molecular weight is 442 g/mol. The molecule has 2 aliphatic rings. The van der Waals surface area contributed by atoms with Crippen molar-refractivity contribution in [2.75, 3.05) is 11.9 Å². The second kappa shape index (κ2) is 8.51. The summed E-state index contributed by atoms with van der Waals surface area (Å²) < 4.78 is 0. The van der Waals surface area contributed by atoms with Gasteiger partial charge in [-0.15, -0.1) is 11.3 Å². The molecule has 2 aromatic rings. The van der Waals surface area contributed by atoms with Crippen molar-refractivity contribution in [3.8, 4) is 0 Å². The quantitative estimate of drug-likeness (QED) is 0.667. The maximum absolute atomic E-state index is 13.4. The third-order valence-corrected chi connectivity index (χ3v) is 7.15. The summed E-state index contributed by atoms with van der Waals surface area (Å²) in [4.78, 5) is 24.7. The molecule has 4 heterocycles. The second-order valence-corrected chi connectivity index (χ2v) is 11.3. The minimum atomic E-state index is 0.0623. The van der Waals surface area contributed by atoms with E-state index in [0.717, 1.165) is 54.6 Å². The van der Waals surface area contributed by atoms with Crippen molar-refractivity contribution < 1.29 is 4.79 Å². The molecule has 0 saturated carbocycles. The molecular weight excluding hydrogens is 406 g/mol. The zero-order valence-corrected chi connectivity index (χ0v) is 20.2. The van der Waals surface area contributed by atoms with E-state index in [2.05, 4.69) is 48.2 Å². The molecular formula is C24H35N5OS. The van der Waals surface area contributed by atoms with Gasteiger partial charge in [-0.2, -0.15) is 0 Å². The van der Waals surface area contributed by atoms with Crippen LogP contribution in [-0.4, -0.2) is 38.4 Å². The Hall–Kier alpha value is -1.99. The van der Waals surface area contributed by atoms with Crippen molar-refractivity contribution in [1.29, 1.82) is 0 Å². The summed E-state index contributed by atoms with van der Waals surface area (Å²) in [6.45, 7) is 11.8. The topological polar surface area (TPSA) is 70.2 Å². The third kappa shape index (κ3) is 5.44. The molecule has 0 aliphatic carbocycles. The normalized spacial score (nSPS) is 23.1. The van der Waals surface area contributed by atoms with Crippen molar-refractivity contribution in [3.63, 3.8) is 0 Å². The van der Waals surface area contributed by atoms with E-state index in [1.54, 1.807) is 11.3 Å². The summed E-state index contributed by atoms with van der Waals surface area (Å²) in [6.07, 6.45) is 4.70. The zero-order chi connectivity index (χ0) is 22.2. The molecule has 2 aliphatic heterocycles. The average Bonchev–Trinajstić information content (AvgIpc) is 3.28. The standard InChI is InChI=1S/C24H35N5OS/c1-16-15-31-22(25-16)27-20-10-6-8-18(26-20)19-9-7-11-29(19)21(30)12-17-13-23(2,3)28-24(4,5)14-17/h6,8,10,15,17,19,28H,7,9,11-14H2,1-5H3,(H,25,26,27). The Labute approximate surface area is 189 Å². The second-order valence-electron chi connectivity index (χ2n) is 10.5. The van der Waals surface area contributed by atoms with E-state index >= 15 is 0 Å². The SMILES string of the molecule is Cc1csc(Nc2cccc(C3CCCN3C(=O)CC3CC(C)(C)NC(C)(C)C3)n2)n1. The third-order valence-electron chi connectivity index (χ3n) is 6.28. The number of nitrogens with one attached hydrogen (secondary N) is 2. The monoisotopic (exact) mass is 441 g/mol. The van der Waals surface area contributed by atoms with Gasteiger partial charge in [-0.1, -0.05) is 6.07 Å². The van der Waals surface area contributed by atoms with Crippen LogP contribution in [0.1, 0.15) is 77.2 Å². The number of carbonyl (C=O) groups excluding carboxylic acids is 1. The number of hydrogen-bond donors (Lipinski definition) is 2. The van der Waals surface area contributed by atoms with Crippen molar-refractivity contribution in [3.05, 3.63) is 35.0 Å². The van der Waals surface area contributed by atoms with Crippen molar-refractivity contribution in [2.24, 2.45) is 5.92 Å². The molecule has 0 spiro atoms. The minimum absolute atomic E-state index is 0.0623. The van der Waals surface area contributed by atoms with Gasteiger partial charge in [0.1, 0.15) is 5.82 Å². The lowest BCUT2D eigenvalue weighted by Crippen LogP contribution is -2.58. The number of carbonyl (C=O) groups is 1. The first-order valence-electron chi connectivity index (χ1n) is 11.4. The lowest BCUT2D eigenvalue weighted by molar-refractivity contribution is -0.133. The molecule has 2 aromatic heterocycles. The number of hydrogen-bond acceptors (Lipinski definition) is 6. The van der Waals surface area contributed by atoms with Crippen LogP contribution in [0.5, 0.6) is 0 Å². The smallest absolute Gasteiger partial charge is 0.223 e. The van der Waals surface area contributed by atoms with E-state index in [9.17, 15) is 4.79 Å². The molecule has 1 unspecified atom stereocenters. The Balaban J connectivity index is 1.45. The van der Waals surface area contributed by atoms with Gasteiger partial charge in [0, 0.05) is 29.4 Å². The van der Waals surface area contributed by atoms with Crippen LogP contribution < -0.4 is 10.6 Å². The molecule has 31 heavy (non-hydrogen) atoms. The van der Waals surface area contributed by atoms with Gasteiger partial charge in [-0.3, -0.25) is 4.79 Å². The highest BCUT2D eigenvalue weighted by atomic mass is 32.1. The maximum atomic E-state index is 13.4. The summed E-state index contributed by atoms with van der Waals surface area (Å²) in [5.74, 6) is 1.47. The predicted molar refractivity (Wildman–Crippen MR) is 127 cm³/mol. The number of aromatic nitrogens is 2. The number of pyridine rings is 1. The Morgan fingerprint density at radius 1 is 1.23 bits per heavy atom. The molecule has 0 aromatic carbocycles. The van der Waals surface area contributed by atoms with Gasteiger partial charge in [0.15, 0.2) is 5.13 Å². The molecule has 6 nitrogen and oxygen atoms in total. The van der Waals surface area contributed by atoms with Crippen LogP contribution in [0.2, 0.25) is 0 Å². The van der Waals surface area contributed by atoms with Gasteiger partial charge in [-0.25, -0.2) is 9.97 Å². The molecule has 1 atom stereocenters. The summed E-state index contributed by atoms with van der Waals surface area (Å²) in [7, 11) is 0.